The Morgan fingerprint density at radius 2 is 1.91 bits per heavy atom. The normalized spacial score (nSPS) is 10.4. The minimum atomic E-state index is 0. The van der Waals surface area contributed by atoms with Crippen molar-refractivity contribution in [3.05, 3.63) is 34.9 Å². The molecule has 0 bridgehead atoms. The maximum absolute atomic E-state index is 12.4. The summed E-state index contributed by atoms with van der Waals surface area (Å²) in [6.45, 7) is 5.47. The van der Waals surface area contributed by atoms with E-state index in [1.807, 2.05) is 29.2 Å². The second kappa shape index (κ2) is 11.8. The topological polar surface area (TPSA) is 46.3 Å². The zero-order valence-electron chi connectivity index (χ0n) is 13.6. The molecule has 0 aliphatic carbocycles. The van der Waals surface area contributed by atoms with Gasteiger partial charge in [0.1, 0.15) is 0 Å². The van der Waals surface area contributed by atoms with Crippen molar-refractivity contribution in [2.45, 2.75) is 58.5 Å². The highest BCUT2D eigenvalue weighted by molar-refractivity contribution is 6.30. The van der Waals surface area contributed by atoms with Gasteiger partial charge >= 0.3 is 0 Å². The van der Waals surface area contributed by atoms with E-state index in [-0.39, 0.29) is 24.4 Å². The molecule has 2 N–H and O–H groups in total. The lowest BCUT2D eigenvalue weighted by Gasteiger charge is -2.27. The van der Waals surface area contributed by atoms with Gasteiger partial charge in [-0.05, 0) is 50.9 Å². The fourth-order valence-electron chi connectivity index (χ4n) is 2.31. The van der Waals surface area contributed by atoms with Gasteiger partial charge in [-0.2, -0.15) is 0 Å². The summed E-state index contributed by atoms with van der Waals surface area (Å²) in [5.74, 6) is 0.220. The van der Waals surface area contributed by atoms with Crippen molar-refractivity contribution >= 4 is 29.9 Å². The maximum Gasteiger partial charge on any atom is 0.223 e. The predicted molar refractivity (Wildman–Crippen MR) is 96.5 cm³/mol. The molecule has 0 spiro atoms. The number of carbonyl (C=O) groups is 1. The highest BCUT2D eigenvalue weighted by Crippen LogP contribution is 2.16. The van der Waals surface area contributed by atoms with Crippen molar-refractivity contribution in [3.63, 3.8) is 0 Å². The Hall–Kier alpha value is -0.770. The molecule has 1 rings (SSSR count). The lowest BCUT2D eigenvalue weighted by atomic mass is 10.1. The number of carbonyl (C=O) groups excluding carboxylic acids is 1. The number of nitrogens with zero attached hydrogens (tertiary/aromatic N) is 1. The summed E-state index contributed by atoms with van der Waals surface area (Å²) in [7, 11) is 0. The van der Waals surface area contributed by atoms with Gasteiger partial charge in [-0.15, -0.1) is 12.4 Å². The number of rotatable bonds is 9. The van der Waals surface area contributed by atoms with Crippen LogP contribution in [0.4, 0.5) is 0 Å². The molecule has 0 aliphatic heterocycles. The van der Waals surface area contributed by atoms with Crippen LogP contribution in [-0.2, 0) is 11.3 Å². The second-order valence-corrected chi connectivity index (χ2v) is 6.13. The minimum Gasteiger partial charge on any atom is -0.336 e. The molecule has 0 aliphatic rings. The van der Waals surface area contributed by atoms with Gasteiger partial charge in [0, 0.05) is 24.0 Å². The van der Waals surface area contributed by atoms with Crippen molar-refractivity contribution in [1.29, 1.82) is 0 Å². The number of unbranched alkanes of at least 4 members (excludes halogenated alkanes) is 3. The highest BCUT2D eigenvalue weighted by Gasteiger charge is 2.16. The van der Waals surface area contributed by atoms with E-state index in [9.17, 15) is 4.79 Å². The first-order chi connectivity index (χ1) is 10.0. The van der Waals surface area contributed by atoms with Crippen molar-refractivity contribution in [3.8, 4) is 0 Å². The number of hydrogen-bond acceptors (Lipinski definition) is 2. The first-order valence-corrected chi connectivity index (χ1v) is 8.16. The van der Waals surface area contributed by atoms with Crippen molar-refractivity contribution in [2.24, 2.45) is 5.73 Å². The van der Waals surface area contributed by atoms with Crippen LogP contribution in [0, 0.1) is 0 Å². The third-order valence-corrected chi connectivity index (χ3v) is 3.77. The van der Waals surface area contributed by atoms with E-state index in [2.05, 4.69) is 13.8 Å². The van der Waals surface area contributed by atoms with Gasteiger partial charge in [-0.3, -0.25) is 4.79 Å². The summed E-state index contributed by atoms with van der Waals surface area (Å²) in [6, 6.07) is 7.90. The zero-order chi connectivity index (χ0) is 15.7. The Kier molecular flexibility index (Phi) is 11.3. The molecule has 1 aromatic rings. The molecule has 1 aromatic carbocycles. The van der Waals surface area contributed by atoms with Crippen LogP contribution in [0.2, 0.25) is 5.02 Å². The Morgan fingerprint density at radius 3 is 2.50 bits per heavy atom. The van der Waals surface area contributed by atoms with Crippen LogP contribution in [0.5, 0.6) is 0 Å². The zero-order valence-corrected chi connectivity index (χ0v) is 15.1. The van der Waals surface area contributed by atoms with Crippen molar-refractivity contribution in [2.75, 3.05) is 6.54 Å². The Bertz CT molecular complexity index is 438. The maximum atomic E-state index is 12.4. The van der Waals surface area contributed by atoms with E-state index < -0.39 is 0 Å². The molecule has 0 unspecified atom stereocenters. The molecule has 1 amide bonds. The van der Waals surface area contributed by atoms with Gasteiger partial charge in [0.2, 0.25) is 5.91 Å². The quantitative estimate of drug-likeness (QED) is 0.673. The van der Waals surface area contributed by atoms with Crippen LogP contribution in [0.3, 0.4) is 0 Å². The number of halogens is 2. The number of benzene rings is 1. The summed E-state index contributed by atoms with van der Waals surface area (Å²) in [6.07, 6.45) is 4.79. The van der Waals surface area contributed by atoms with E-state index in [1.165, 1.54) is 0 Å². The summed E-state index contributed by atoms with van der Waals surface area (Å²) in [5, 5.41) is 0.713. The molecule has 0 aromatic heterocycles. The van der Waals surface area contributed by atoms with E-state index >= 15 is 0 Å². The van der Waals surface area contributed by atoms with Gasteiger partial charge < -0.3 is 10.6 Å². The molecular weight excluding hydrogens is 319 g/mol. The van der Waals surface area contributed by atoms with Gasteiger partial charge in [-0.25, -0.2) is 0 Å². The number of nitrogens with two attached hydrogens (primary N) is 1. The molecule has 3 nitrogen and oxygen atoms in total. The van der Waals surface area contributed by atoms with Crippen LogP contribution in [0.25, 0.3) is 0 Å². The van der Waals surface area contributed by atoms with Gasteiger partial charge in [0.25, 0.3) is 0 Å². The highest BCUT2D eigenvalue weighted by atomic mass is 35.5. The molecule has 5 heteroatoms. The second-order valence-electron chi connectivity index (χ2n) is 5.70. The fraction of sp³-hybridized carbons (Fsp3) is 0.588. The molecule has 0 atom stereocenters. The summed E-state index contributed by atoms with van der Waals surface area (Å²) < 4.78 is 0. The van der Waals surface area contributed by atoms with Gasteiger partial charge in [0.05, 0.1) is 0 Å². The van der Waals surface area contributed by atoms with E-state index in [4.69, 9.17) is 17.3 Å². The van der Waals surface area contributed by atoms with Crippen molar-refractivity contribution in [1.82, 2.24) is 4.90 Å². The first kappa shape index (κ1) is 21.2. The van der Waals surface area contributed by atoms with E-state index in [1.54, 1.807) is 0 Å². The molecule has 126 valence electrons. The van der Waals surface area contributed by atoms with Crippen LogP contribution in [-0.4, -0.2) is 23.4 Å². The standard InChI is InChI=1S/C17H27ClN2O.ClH/c1-14(2)20(13-15-8-7-9-16(18)12-15)17(21)10-5-3-4-6-11-19;/h7-9,12,14H,3-6,10-11,13,19H2,1-2H3;1H. The van der Waals surface area contributed by atoms with Crippen molar-refractivity contribution < 1.29 is 4.79 Å². The number of hydrogen-bond donors (Lipinski definition) is 1. The summed E-state index contributed by atoms with van der Waals surface area (Å²) in [4.78, 5) is 14.3. The Balaban J connectivity index is 0.00000441. The Labute approximate surface area is 145 Å². The SMILES string of the molecule is CC(C)N(Cc1cccc(Cl)c1)C(=O)CCCCCCN.Cl. The average molecular weight is 347 g/mol. The van der Waals surface area contributed by atoms with E-state index in [0.717, 1.165) is 37.8 Å². The first-order valence-electron chi connectivity index (χ1n) is 7.78. The van der Waals surface area contributed by atoms with Crippen LogP contribution < -0.4 is 5.73 Å². The fourth-order valence-corrected chi connectivity index (χ4v) is 2.52. The molecule has 0 heterocycles. The minimum absolute atomic E-state index is 0. The molecule has 22 heavy (non-hydrogen) atoms. The third-order valence-electron chi connectivity index (χ3n) is 3.53. The molecular formula is C17H28Cl2N2O. The smallest absolute Gasteiger partial charge is 0.223 e. The van der Waals surface area contributed by atoms with E-state index in [0.29, 0.717) is 18.0 Å². The molecule has 0 fully saturated rings. The molecule has 0 radical (unpaired) electrons. The molecule has 0 saturated carbocycles. The van der Waals surface area contributed by atoms with Crippen LogP contribution in [0.1, 0.15) is 51.5 Å². The van der Waals surface area contributed by atoms with Gasteiger partial charge in [0.15, 0.2) is 0 Å². The van der Waals surface area contributed by atoms with Crippen LogP contribution >= 0.6 is 24.0 Å². The summed E-state index contributed by atoms with van der Waals surface area (Å²) in [5.41, 5.74) is 6.55. The molecule has 0 saturated heterocycles. The lowest BCUT2D eigenvalue weighted by Crippen LogP contribution is -2.36. The lowest BCUT2D eigenvalue weighted by molar-refractivity contribution is -0.133. The average Bonchev–Trinajstić information content (AvgIpc) is 2.44. The third kappa shape index (κ3) is 8.02. The summed E-state index contributed by atoms with van der Waals surface area (Å²) >= 11 is 6.01. The van der Waals surface area contributed by atoms with Gasteiger partial charge in [-0.1, -0.05) is 36.6 Å². The van der Waals surface area contributed by atoms with Crippen LogP contribution in [0.15, 0.2) is 24.3 Å². The number of amides is 1. The predicted octanol–water partition coefficient (Wildman–Crippen LogP) is 4.41. The monoisotopic (exact) mass is 346 g/mol. The largest absolute Gasteiger partial charge is 0.336 e. The Morgan fingerprint density at radius 1 is 1.23 bits per heavy atom.